The summed E-state index contributed by atoms with van der Waals surface area (Å²) in [5, 5.41) is 9.78. The van der Waals surface area contributed by atoms with Gasteiger partial charge in [0.25, 0.3) is 0 Å². The van der Waals surface area contributed by atoms with Gasteiger partial charge in [0.15, 0.2) is 0 Å². The van der Waals surface area contributed by atoms with Gasteiger partial charge in [0.1, 0.15) is 11.2 Å². The van der Waals surface area contributed by atoms with Crippen LogP contribution in [0, 0.1) is 0 Å². The number of rotatable bonds is 5. The van der Waals surface area contributed by atoms with Crippen LogP contribution in [-0.4, -0.2) is 0 Å². The molecule has 1 aromatic heterocycles. The van der Waals surface area contributed by atoms with Crippen LogP contribution in [0.4, 0.5) is 17.1 Å². The Hall–Kier alpha value is -6.64. The fourth-order valence-corrected chi connectivity index (χ4v) is 7.54. The summed E-state index contributed by atoms with van der Waals surface area (Å²) in [6.45, 7) is 0. The first-order valence-electron chi connectivity index (χ1n) is 17.1. The van der Waals surface area contributed by atoms with Gasteiger partial charge < -0.3 is 9.32 Å². The van der Waals surface area contributed by atoms with Crippen LogP contribution < -0.4 is 4.90 Å². The highest BCUT2D eigenvalue weighted by molar-refractivity contribution is 6.10. The van der Waals surface area contributed by atoms with Gasteiger partial charge in [-0.15, -0.1) is 0 Å². The maximum Gasteiger partial charge on any atom is 0.143 e. The molecule has 0 unspecified atom stereocenters. The van der Waals surface area contributed by atoms with E-state index in [1.165, 1.54) is 43.4 Å². The molecule has 2 heteroatoms. The molecule has 0 amide bonds. The number of hydrogen-bond donors (Lipinski definition) is 0. The van der Waals surface area contributed by atoms with Crippen LogP contribution >= 0.6 is 0 Å². The van der Waals surface area contributed by atoms with Crippen LogP contribution in [0.1, 0.15) is 0 Å². The van der Waals surface area contributed by atoms with Gasteiger partial charge in [-0.25, -0.2) is 0 Å². The molecule has 234 valence electrons. The molecule has 0 spiro atoms. The molecule has 0 radical (unpaired) electrons. The first-order valence-corrected chi connectivity index (χ1v) is 17.1. The van der Waals surface area contributed by atoms with E-state index in [1.807, 2.05) is 12.1 Å². The lowest BCUT2D eigenvalue weighted by atomic mass is 9.97. The van der Waals surface area contributed by atoms with E-state index >= 15 is 0 Å². The largest absolute Gasteiger partial charge is 0.455 e. The third-order valence-corrected chi connectivity index (χ3v) is 10.0. The molecule has 2 nitrogen and oxygen atoms in total. The molecule has 0 aliphatic heterocycles. The van der Waals surface area contributed by atoms with Gasteiger partial charge in [-0.3, -0.25) is 0 Å². The average molecular weight is 638 g/mol. The van der Waals surface area contributed by atoms with Crippen LogP contribution in [-0.2, 0) is 0 Å². The second kappa shape index (κ2) is 11.5. The predicted octanol–water partition coefficient (Wildman–Crippen LogP) is 13.8. The Balaban J connectivity index is 1.09. The summed E-state index contributed by atoms with van der Waals surface area (Å²) < 4.78 is 6.39. The standard InChI is InChI=1S/C48H31NO/c1-2-11-35-30-41(27-21-32(35)9-1)49(39-25-22-34(23-26-39)44-16-8-17-46-45-15-5-6-18-47(45)50-48(44)46)40-13-7-12-36(31-40)37-24-28-43-38(29-37)20-19-33-10-3-4-14-42(33)43/h1-31H. The van der Waals surface area contributed by atoms with Gasteiger partial charge in [0.2, 0.25) is 0 Å². The van der Waals surface area contributed by atoms with Crippen molar-refractivity contribution < 1.29 is 4.42 Å². The third kappa shape index (κ3) is 4.73. The average Bonchev–Trinajstić information content (AvgIpc) is 3.57. The van der Waals surface area contributed by atoms with E-state index in [-0.39, 0.29) is 0 Å². The van der Waals surface area contributed by atoms with E-state index in [2.05, 4.69) is 181 Å². The zero-order valence-electron chi connectivity index (χ0n) is 27.3. The second-order valence-electron chi connectivity index (χ2n) is 13.0. The normalized spacial score (nSPS) is 11.6. The molecule has 0 N–H and O–H groups in total. The van der Waals surface area contributed by atoms with Crippen LogP contribution in [0.25, 0.3) is 76.5 Å². The first kappa shape index (κ1) is 28.4. The fourth-order valence-electron chi connectivity index (χ4n) is 7.54. The minimum absolute atomic E-state index is 0.911. The summed E-state index contributed by atoms with van der Waals surface area (Å²) in [7, 11) is 0. The Labute approximate surface area is 290 Å². The van der Waals surface area contributed by atoms with Gasteiger partial charge in [0, 0.05) is 33.4 Å². The van der Waals surface area contributed by atoms with Crippen molar-refractivity contribution in [3.63, 3.8) is 0 Å². The van der Waals surface area contributed by atoms with Gasteiger partial charge in [-0.1, -0.05) is 140 Å². The molecule has 0 bridgehead atoms. The summed E-state index contributed by atoms with van der Waals surface area (Å²) in [5.74, 6) is 0. The molecule has 1 heterocycles. The molecular formula is C48H31NO. The van der Waals surface area contributed by atoms with Crippen molar-refractivity contribution in [1.29, 1.82) is 0 Å². The highest BCUT2D eigenvalue weighted by atomic mass is 16.3. The van der Waals surface area contributed by atoms with E-state index in [0.717, 1.165) is 50.1 Å². The summed E-state index contributed by atoms with van der Waals surface area (Å²) in [5.41, 5.74) is 9.71. The molecule has 0 fully saturated rings. The Morgan fingerprint density at radius 3 is 1.84 bits per heavy atom. The smallest absolute Gasteiger partial charge is 0.143 e. The van der Waals surface area contributed by atoms with Gasteiger partial charge >= 0.3 is 0 Å². The third-order valence-electron chi connectivity index (χ3n) is 10.0. The van der Waals surface area contributed by atoms with Gasteiger partial charge in [-0.2, -0.15) is 0 Å². The molecule has 9 aromatic carbocycles. The number of benzene rings is 9. The van der Waals surface area contributed by atoms with E-state index in [0.29, 0.717) is 0 Å². The molecule has 0 saturated carbocycles. The number of furan rings is 1. The van der Waals surface area contributed by atoms with Crippen LogP contribution in [0.2, 0.25) is 0 Å². The van der Waals surface area contributed by atoms with Crippen molar-refractivity contribution in [3.05, 3.63) is 188 Å². The molecule has 0 atom stereocenters. The van der Waals surface area contributed by atoms with E-state index in [1.54, 1.807) is 0 Å². The number of anilines is 3. The molecule has 0 saturated heterocycles. The Morgan fingerprint density at radius 1 is 0.320 bits per heavy atom. The van der Waals surface area contributed by atoms with E-state index in [9.17, 15) is 0 Å². The molecule has 0 aliphatic rings. The van der Waals surface area contributed by atoms with Gasteiger partial charge in [-0.05, 0) is 97.5 Å². The molecule has 0 aliphatic carbocycles. The number of para-hydroxylation sites is 2. The van der Waals surface area contributed by atoms with Crippen molar-refractivity contribution in [2.45, 2.75) is 0 Å². The summed E-state index contributed by atoms with van der Waals surface area (Å²) in [4.78, 5) is 2.36. The van der Waals surface area contributed by atoms with E-state index in [4.69, 9.17) is 4.42 Å². The lowest BCUT2D eigenvalue weighted by Gasteiger charge is -2.26. The van der Waals surface area contributed by atoms with Gasteiger partial charge in [0.05, 0.1) is 0 Å². The van der Waals surface area contributed by atoms with Crippen molar-refractivity contribution >= 4 is 71.3 Å². The Kier molecular flexibility index (Phi) is 6.53. The zero-order chi connectivity index (χ0) is 33.0. The Bertz CT molecular complexity index is 2880. The quantitative estimate of drug-likeness (QED) is 0.175. The molecule has 10 aromatic rings. The highest BCUT2D eigenvalue weighted by Crippen LogP contribution is 2.41. The summed E-state index contributed by atoms with van der Waals surface area (Å²) >= 11 is 0. The minimum Gasteiger partial charge on any atom is -0.455 e. The molecule has 10 rings (SSSR count). The van der Waals surface area contributed by atoms with Crippen LogP contribution in [0.15, 0.2) is 192 Å². The number of nitrogens with zero attached hydrogens (tertiary/aromatic N) is 1. The summed E-state index contributed by atoms with van der Waals surface area (Å²) in [6.07, 6.45) is 0. The summed E-state index contributed by atoms with van der Waals surface area (Å²) in [6, 6.07) is 67.6. The molecular weight excluding hydrogens is 607 g/mol. The monoisotopic (exact) mass is 637 g/mol. The molecule has 50 heavy (non-hydrogen) atoms. The highest BCUT2D eigenvalue weighted by Gasteiger charge is 2.16. The lowest BCUT2D eigenvalue weighted by molar-refractivity contribution is 0.670. The number of fused-ring (bicyclic) bond motifs is 7. The predicted molar refractivity (Wildman–Crippen MR) is 212 cm³/mol. The van der Waals surface area contributed by atoms with Crippen molar-refractivity contribution in [1.82, 2.24) is 0 Å². The van der Waals surface area contributed by atoms with E-state index < -0.39 is 0 Å². The topological polar surface area (TPSA) is 16.4 Å². The maximum absolute atomic E-state index is 6.39. The van der Waals surface area contributed by atoms with Crippen LogP contribution in [0.5, 0.6) is 0 Å². The van der Waals surface area contributed by atoms with Crippen LogP contribution in [0.3, 0.4) is 0 Å². The second-order valence-corrected chi connectivity index (χ2v) is 13.0. The maximum atomic E-state index is 6.39. The lowest BCUT2D eigenvalue weighted by Crippen LogP contribution is -2.10. The minimum atomic E-state index is 0.911. The van der Waals surface area contributed by atoms with Crippen molar-refractivity contribution in [2.24, 2.45) is 0 Å². The fraction of sp³-hybridized carbons (Fsp3) is 0. The number of hydrogen-bond acceptors (Lipinski definition) is 2. The SMILES string of the molecule is c1cc(-c2ccc3c(ccc4ccccc43)c2)cc(N(c2ccc(-c3cccc4c3oc3ccccc34)cc2)c2ccc3ccccc3c2)c1. The van der Waals surface area contributed by atoms with Crippen molar-refractivity contribution in [3.8, 4) is 22.3 Å². The first-order chi connectivity index (χ1) is 24.8. The Morgan fingerprint density at radius 2 is 0.940 bits per heavy atom. The zero-order valence-corrected chi connectivity index (χ0v) is 27.3. The van der Waals surface area contributed by atoms with Crippen molar-refractivity contribution in [2.75, 3.05) is 4.90 Å².